The van der Waals surface area contributed by atoms with Crippen molar-refractivity contribution in [2.24, 2.45) is 5.73 Å². The molecule has 0 aliphatic rings. The number of aryl methyl sites for hydroxylation is 1. The molecule has 0 saturated heterocycles. The molecule has 1 nitrogen and oxygen atoms in total. The first-order valence-corrected chi connectivity index (χ1v) is 6.69. The van der Waals surface area contributed by atoms with Gasteiger partial charge in [-0.05, 0) is 42.4 Å². The second-order valence-corrected chi connectivity index (χ2v) is 5.33. The van der Waals surface area contributed by atoms with E-state index in [1.54, 1.807) is 12.1 Å². The average molecular weight is 270 g/mol. The molecule has 0 amide bonds. The molecule has 1 atom stereocenters. The largest absolute Gasteiger partial charge is 0.324 e. The molecule has 0 aromatic heterocycles. The lowest BCUT2D eigenvalue weighted by molar-refractivity contribution is 0.596. The Morgan fingerprint density at radius 1 is 1.44 bits per heavy atom. The molecule has 0 aliphatic carbocycles. The molecule has 0 saturated carbocycles. The number of benzene rings is 1. The Labute approximate surface area is 114 Å². The van der Waals surface area contributed by atoms with E-state index in [9.17, 15) is 4.39 Å². The van der Waals surface area contributed by atoms with Crippen molar-refractivity contribution in [3.63, 3.8) is 0 Å². The molecule has 100 valence electrons. The molecule has 0 bridgehead atoms. The van der Waals surface area contributed by atoms with E-state index in [0.717, 1.165) is 24.8 Å². The standard InChI is InChI=1S/C15H21ClFN/c1-4-12(18)7-5-6-11-8-13(10(2)3)15(17)14(16)9-11/h4,8-10,12H,1,5-7,18H2,2-3H3. The number of hydrogen-bond acceptors (Lipinski definition) is 1. The summed E-state index contributed by atoms with van der Waals surface area (Å²) in [6.07, 6.45) is 4.45. The van der Waals surface area contributed by atoms with Gasteiger partial charge in [-0.3, -0.25) is 0 Å². The van der Waals surface area contributed by atoms with Crippen LogP contribution in [0.5, 0.6) is 0 Å². The number of rotatable bonds is 6. The Balaban J connectivity index is 2.75. The minimum Gasteiger partial charge on any atom is -0.324 e. The lowest BCUT2D eigenvalue weighted by atomic mass is 9.97. The summed E-state index contributed by atoms with van der Waals surface area (Å²) in [5.41, 5.74) is 7.52. The van der Waals surface area contributed by atoms with Crippen LogP contribution in [0, 0.1) is 5.82 Å². The summed E-state index contributed by atoms with van der Waals surface area (Å²) in [7, 11) is 0. The van der Waals surface area contributed by atoms with E-state index >= 15 is 0 Å². The highest BCUT2D eigenvalue weighted by Crippen LogP contribution is 2.27. The second-order valence-electron chi connectivity index (χ2n) is 4.93. The highest BCUT2D eigenvalue weighted by molar-refractivity contribution is 6.30. The van der Waals surface area contributed by atoms with Crippen LogP contribution in [0.15, 0.2) is 24.8 Å². The first kappa shape index (κ1) is 15.2. The van der Waals surface area contributed by atoms with Crippen molar-refractivity contribution < 1.29 is 4.39 Å². The lowest BCUT2D eigenvalue weighted by Crippen LogP contribution is -2.16. The fourth-order valence-corrected chi connectivity index (χ4v) is 2.14. The molecule has 0 radical (unpaired) electrons. The average Bonchev–Trinajstić information content (AvgIpc) is 2.32. The third-order valence-corrected chi connectivity index (χ3v) is 3.32. The van der Waals surface area contributed by atoms with Crippen molar-refractivity contribution in [2.45, 2.75) is 45.1 Å². The van der Waals surface area contributed by atoms with Crippen molar-refractivity contribution in [1.82, 2.24) is 0 Å². The Kier molecular flexibility index (Phi) is 5.83. The Hall–Kier alpha value is -0.860. The van der Waals surface area contributed by atoms with Crippen molar-refractivity contribution in [3.05, 3.63) is 46.8 Å². The van der Waals surface area contributed by atoms with Crippen LogP contribution >= 0.6 is 11.6 Å². The monoisotopic (exact) mass is 269 g/mol. The summed E-state index contributed by atoms with van der Waals surface area (Å²) in [4.78, 5) is 0. The fourth-order valence-electron chi connectivity index (χ4n) is 1.89. The molecule has 1 unspecified atom stereocenters. The van der Waals surface area contributed by atoms with Gasteiger partial charge < -0.3 is 5.73 Å². The molecule has 2 N–H and O–H groups in total. The van der Waals surface area contributed by atoms with Crippen LogP contribution in [0.3, 0.4) is 0 Å². The molecule has 0 fully saturated rings. The van der Waals surface area contributed by atoms with Crippen molar-refractivity contribution in [1.29, 1.82) is 0 Å². The topological polar surface area (TPSA) is 26.0 Å². The summed E-state index contributed by atoms with van der Waals surface area (Å²) in [6.45, 7) is 7.58. The fraction of sp³-hybridized carbons (Fsp3) is 0.467. The van der Waals surface area contributed by atoms with Gasteiger partial charge in [0.1, 0.15) is 5.82 Å². The zero-order valence-corrected chi connectivity index (χ0v) is 11.8. The predicted octanol–water partition coefficient (Wildman–Crippen LogP) is 4.44. The Morgan fingerprint density at radius 2 is 2.11 bits per heavy atom. The van der Waals surface area contributed by atoms with Crippen LogP contribution in [0.2, 0.25) is 5.02 Å². The van der Waals surface area contributed by atoms with E-state index in [2.05, 4.69) is 6.58 Å². The van der Waals surface area contributed by atoms with Crippen molar-refractivity contribution in [2.75, 3.05) is 0 Å². The number of hydrogen-bond donors (Lipinski definition) is 1. The zero-order valence-electron chi connectivity index (χ0n) is 11.0. The molecule has 0 spiro atoms. The van der Waals surface area contributed by atoms with Gasteiger partial charge in [-0.2, -0.15) is 0 Å². The van der Waals surface area contributed by atoms with Crippen LogP contribution in [0.4, 0.5) is 4.39 Å². The smallest absolute Gasteiger partial charge is 0.145 e. The minimum absolute atomic E-state index is 0.0329. The molecule has 18 heavy (non-hydrogen) atoms. The number of nitrogens with two attached hydrogens (primary N) is 1. The van der Waals surface area contributed by atoms with Gasteiger partial charge in [0, 0.05) is 6.04 Å². The molecule has 1 aromatic carbocycles. The maximum absolute atomic E-state index is 13.8. The molecule has 1 rings (SSSR count). The first-order chi connectivity index (χ1) is 8.45. The lowest BCUT2D eigenvalue weighted by Gasteiger charge is -2.12. The van der Waals surface area contributed by atoms with Crippen LogP contribution in [-0.4, -0.2) is 6.04 Å². The van der Waals surface area contributed by atoms with Gasteiger partial charge >= 0.3 is 0 Å². The van der Waals surface area contributed by atoms with Gasteiger partial charge in [-0.15, -0.1) is 6.58 Å². The van der Waals surface area contributed by atoms with Gasteiger partial charge in [0.25, 0.3) is 0 Å². The highest BCUT2D eigenvalue weighted by Gasteiger charge is 2.12. The third kappa shape index (κ3) is 4.11. The maximum atomic E-state index is 13.8. The predicted molar refractivity (Wildman–Crippen MR) is 76.6 cm³/mol. The summed E-state index contributed by atoms with van der Waals surface area (Å²) in [5.74, 6) is -0.156. The van der Waals surface area contributed by atoms with E-state index in [1.807, 2.05) is 19.9 Å². The van der Waals surface area contributed by atoms with E-state index in [4.69, 9.17) is 17.3 Å². The Morgan fingerprint density at radius 3 is 2.67 bits per heavy atom. The van der Waals surface area contributed by atoms with Crippen LogP contribution in [0.25, 0.3) is 0 Å². The summed E-state index contributed by atoms with van der Waals surface area (Å²) in [5, 5.41) is 0.212. The van der Waals surface area contributed by atoms with E-state index in [0.29, 0.717) is 5.56 Å². The maximum Gasteiger partial charge on any atom is 0.145 e. The molecular weight excluding hydrogens is 249 g/mol. The molecule has 1 aromatic rings. The van der Waals surface area contributed by atoms with Gasteiger partial charge in [0.05, 0.1) is 5.02 Å². The normalized spacial score (nSPS) is 12.8. The zero-order chi connectivity index (χ0) is 13.7. The van der Waals surface area contributed by atoms with E-state index < -0.39 is 0 Å². The van der Waals surface area contributed by atoms with Gasteiger partial charge in [-0.1, -0.05) is 37.6 Å². The molecular formula is C15H21ClFN. The van der Waals surface area contributed by atoms with Crippen molar-refractivity contribution >= 4 is 11.6 Å². The summed E-state index contributed by atoms with van der Waals surface area (Å²) < 4.78 is 13.8. The first-order valence-electron chi connectivity index (χ1n) is 6.31. The number of halogens is 2. The summed E-state index contributed by atoms with van der Waals surface area (Å²) >= 11 is 5.92. The van der Waals surface area contributed by atoms with Gasteiger partial charge in [0.15, 0.2) is 0 Å². The van der Waals surface area contributed by atoms with Crippen LogP contribution < -0.4 is 5.73 Å². The van der Waals surface area contributed by atoms with Gasteiger partial charge in [-0.25, -0.2) is 4.39 Å². The van der Waals surface area contributed by atoms with Crippen molar-refractivity contribution in [3.8, 4) is 0 Å². The van der Waals surface area contributed by atoms with E-state index in [-0.39, 0.29) is 22.8 Å². The minimum atomic E-state index is -0.293. The third-order valence-electron chi connectivity index (χ3n) is 3.04. The van der Waals surface area contributed by atoms with Crippen LogP contribution in [0.1, 0.15) is 43.7 Å². The van der Waals surface area contributed by atoms with E-state index in [1.165, 1.54) is 0 Å². The quantitative estimate of drug-likeness (QED) is 0.759. The molecule has 0 aliphatic heterocycles. The van der Waals surface area contributed by atoms with Crippen LogP contribution in [-0.2, 0) is 6.42 Å². The van der Waals surface area contributed by atoms with Gasteiger partial charge in [0.2, 0.25) is 0 Å². The second kappa shape index (κ2) is 6.91. The SMILES string of the molecule is C=CC(N)CCCc1cc(Cl)c(F)c(C(C)C)c1. The molecule has 3 heteroatoms. The summed E-state index contributed by atoms with van der Waals surface area (Å²) in [6, 6.07) is 3.65. The molecule has 0 heterocycles. The highest BCUT2D eigenvalue weighted by atomic mass is 35.5. The Bertz CT molecular complexity index is 415.